The Morgan fingerprint density at radius 2 is 1.94 bits per heavy atom. The first kappa shape index (κ1) is 17.2. The van der Waals surface area contributed by atoms with E-state index in [1.165, 1.54) is 0 Å². The lowest BCUT2D eigenvalue weighted by Crippen LogP contribution is -2.32. The van der Waals surface area contributed by atoms with Gasteiger partial charge in [0.1, 0.15) is 6.04 Å². The molecule has 0 aromatic carbocycles. The van der Waals surface area contributed by atoms with Gasteiger partial charge >= 0.3 is 13.0 Å². The lowest BCUT2D eigenvalue weighted by molar-refractivity contribution is -0.148. The largest absolute Gasteiger partial charge is 0.490 e. The first-order valence-electron chi connectivity index (χ1n) is 5.81. The third-order valence-electron chi connectivity index (χ3n) is 1.81. The third kappa shape index (κ3) is 7.54. The number of nitrogens with one attached hydrogen (secondary N) is 1. The molecule has 18 heavy (non-hydrogen) atoms. The van der Waals surface area contributed by atoms with Crippen LogP contribution in [0.15, 0.2) is 24.0 Å². The predicted octanol–water partition coefficient (Wildman–Crippen LogP) is 3.19. The topological polar surface area (TPSA) is 47.6 Å². The van der Waals surface area contributed by atoms with Gasteiger partial charge in [-0.1, -0.05) is 11.2 Å². The molecule has 0 rings (SSSR count). The molecule has 1 N–H and O–H groups in total. The average Bonchev–Trinajstić information content (AvgIpc) is 2.27. The Bertz CT molecular complexity index is 353. The molecule has 2 atom stereocenters. The van der Waals surface area contributed by atoms with Crippen LogP contribution in [-0.4, -0.2) is 18.1 Å². The molecule has 0 aromatic heterocycles. The Morgan fingerprint density at radius 3 is 2.39 bits per heavy atom. The van der Waals surface area contributed by atoms with E-state index in [1.54, 1.807) is 6.92 Å². The van der Waals surface area contributed by atoms with Gasteiger partial charge in [-0.15, -0.1) is 0 Å². The number of carbonyl (C=O) groups is 1. The van der Waals surface area contributed by atoms with Gasteiger partial charge in [-0.3, -0.25) is 9.32 Å². The highest BCUT2D eigenvalue weighted by Gasteiger charge is 2.25. The number of carbonyl (C=O) groups excluding carboxylic acids is 1. The number of ether oxygens (including phenoxy) is 1. The third-order valence-corrected chi connectivity index (χ3v) is 3.32. The fourth-order valence-corrected chi connectivity index (χ4v) is 2.58. The first-order chi connectivity index (χ1) is 8.40. The number of hydrogen-bond donors (Lipinski definition) is 1. The summed E-state index contributed by atoms with van der Waals surface area (Å²) < 4.78 is 10.6. The van der Waals surface area contributed by atoms with E-state index in [-0.39, 0.29) is 12.1 Å². The van der Waals surface area contributed by atoms with Crippen LogP contribution in [0.4, 0.5) is 0 Å². The molecular weight excluding hydrogens is 269 g/mol. The molecule has 0 aromatic rings. The molecule has 102 valence electrons. The molecule has 0 aliphatic heterocycles. The maximum Gasteiger partial charge on any atom is 0.490 e. The summed E-state index contributed by atoms with van der Waals surface area (Å²) in [5.74, 6) is 0.370. The Kier molecular flexibility index (Phi) is 8.81. The molecule has 0 heterocycles. The van der Waals surface area contributed by atoms with Crippen molar-refractivity contribution in [1.29, 1.82) is 0 Å². The van der Waals surface area contributed by atoms with Gasteiger partial charge in [0.05, 0.1) is 6.10 Å². The van der Waals surface area contributed by atoms with Gasteiger partial charge < -0.3 is 4.74 Å². The zero-order valence-corrected chi connectivity index (χ0v) is 13.2. The minimum atomic E-state index is -1.32. The van der Waals surface area contributed by atoms with Crippen molar-refractivity contribution < 1.29 is 14.1 Å². The lowest BCUT2D eigenvalue weighted by atomic mass is 10.4. The highest BCUT2D eigenvalue weighted by molar-refractivity contribution is 8.02. The second-order valence-corrected chi connectivity index (χ2v) is 5.83. The van der Waals surface area contributed by atoms with E-state index in [0.717, 1.165) is 0 Å². The summed E-state index contributed by atoms with van der Waals surface area (Å²) in [6.45, 7) is 9.09. The quantitative estimate of drug-likeness (QED) is 0.338. The van der Waals surface area contributed by atoms with Gasteiger partial charge in [0.25, 0.3) is 0 Å². The van der Waals surface area contributed by atoms with Crippen molar-refractivity contribution in [2.45, 2.75) is 46.8 Å². The summed E-state index contributed by atoms with van der Waals surface area (Å²) in [5.41, 5.74) is 0. The molecule has 0 saturated heterocycles. The molecule has 0 fully saturated rings. The molecule has 6 heteroatoms. The Labute approximate surface area is 115 Å². The summed E-state index contributed by atoms with van der Waals surface area (Å²) in [7, 11) is -1.32. The fraction of sp³-hybridized carbons (Fsp3) is 0.583. The van der Waals surface area contributed by atoms with Gasteiger partial charge in [0, 0.05) is 0 Å². The molecule has 0 saturated carbocycles. The van der Waals surface area contributed by atoms with E-state index in [0.29, 0.717) is 5.76 Å². The zero-order valence-electron chi connectivity index (χ0n) is 11.5. The fourth-order valence-electron chi connectivity index (χ4n) is 1.01. The molecule has 0 bridgehead atoms. The van der Waals surface area contributed by atoms with Gasteiger partial charge in [-0.25, -0.2) is 0 Å². The maximum atomic E-state index is 11.6. The van der Waals surface area contributed by atoms with Crippen LogP contribution < -0.4 is 5.09 Å². The van der Waals surface area contributed by atoms with E-state index in [2.05, 4.69) is 5.09 Å². The van der Waals surface area contributed by atoms with Crippen LogP contribution in [0, 0.1) is 0 Å². The van der Waals surface area contributed by atoms with E-state index >= 15 is 0 Å². The standard InChI is InChI=1S/C12H21NO3PS/c1-6-8-11(7-2)16-17(18)13-10(5)12(14)15-9(3)4/h6-10H,1-5H3,(H,13,18)/q+1/b8-6-,11-7+/t10-/m0/s1. The SMILES string of the molecule is C/C=C\C(=C/C)O[P+](=S)N[C@@H](C)C(=O)OC(C)C. The van der Waals surface area contributed by atoms with Gasteiger partial charge in [-0.2, -0.15) is 0 Å². The van der Waals surface area contributed by atoms with Gasteiger partial charge in [0.2, 0.25) is 11.8 Å². The Morgan fingerprint density at radius 1 is 1.33 bits per heavy atom. The van der Waals surface area contributed by atoms with Crippen molar-refractivity contribution >= 4 is 24.9 Å². The molecule has 0 radical (unpaired) electrons. The maximum absolute atomic E-state index is 11.6. The Hall–Kier alpha value is -0.770. The molecule has 4 nitrogen and oxygen atoms in total. The molecule has 0 aliphatic rings. The van der Waals surface area contributed by atoms with Crippen LogP contribution in [0.25, 0.3) is 0 Å². The van der Waals surface area contributed by atoms with E-state index in [9.17, 15) is 4.79 Å². The summed E-state index contributed by atoms with van der Waals surface area (Å²) in [6.07, 6.45) is 5.37. The second-order valence-electron chi connectivity index (χ2n) is 3.88. The van der Waals surface area contributed by atoms with Crippen LogP contribution >= 0.6 is 7.07 Å². The summed E-state index contributed by atoms with van der Waals surface area (Å²) in [4.78, 5) is 11.6. The van der Waals surface area contributed by atoms with Crippen LogP contribution in [0.3, 0.4) is 0 Å². The van der Waals surface area contributed by atoms with E-state index in [1.807, 2.05) is 45.9 Å². The number of esters is 1. The Balaban J connectivity index is 4.27. The molecular formula is C12H21NO3PS+. The molecule has 0 spiro atoms. The van der Waals surface area contributed by atoms with Crippen LogP contribution in [0.1, 0.15) is 34.6 Å². The van der Waals surface area contributed by atoms with Crippen molar-refractivity contribution in [3.8, 4) is 0 Å². The van der Waals surface area contributed by atoms with Crippen molar-refractivity contribution in [3.63, 3.8) is 0 Å². The lowest BCUT2D eigenvalue weighted by Gasteiger charge is -2.10. The highest BCUT2D eigenvalue weighted by Crippen LogP contribution is 2.23. The zero-order chi connectivity index (χ0) is 14.1. The van der Waals surface area contributed by atoms with Crippen molar-refractivity contribution in [2.75, 3.05) is 0 Å². The average molecular weight is 290 g/mol. The number of allylic oxidation sites excluding steroid dienone is 3. The highest BCUT2D eigenvalue weighted by atomic mass is 32.4. The monoisotopic (exact) mass is 290 g/mol. The molecule has 0 amide bonds. The van der Waals surface area contributed by atoms with E-state index < -0.39 is 13.1 Å². The predicted molar refractivity (Wildman–Crippen MR) is 77.8 cm³/mol. The normalized spacial score (nSPS) is 14.8. The summed E-state index contributed by atoms with van der Waals surface area (Å²) in [5, 5.41) is 2.92. The molecule has 0 aliphatic carbocycles. The first-order valence-corrected chi connectivity index (χ1v) is 8.08. The van der Waals surface area contributed by atoms with Gasteiger partial charge in [-0.05, 0) is 46.8 Å². The smallest absolute Gasteiger partial charge is 0.462 e. The molecule has 1 unspecified atom stereocenters. The van der Waals surface area contributed by atoms with Gasteiger partial charge in [0.15, 0.2) is 5.76 Å². The van der Waals surface area contributed by atoms with Crippen molar-refractivity contribution in [1.82, 2.24) is 5.09 Å². The minimum Gasteiger partial charge on any atom is -0.462 e. The van der Waals surface area contributed by atoms with Crippen LogP contribution in [-0.2, 0) is 25.9 Å². The van der Waals surface area contributed by atoms with E-state index in [4.69, 9.17) is 21.1 Å². The van der Waals surface area contributed by atoms with Crippen LogP contribution in [0.5, 0.6) is 0 Å². The van der Waals surface area contributed by atoms with Crippen LogP contribution in [0.2, 0.25) is 0 Å². The van der Waals surface area contributed by atoms with Crippen molar-refractivity contribution in [2.24, 2.45) is 0 Å². The summed E-state index contributed by atoms with van der Waals surface area (Å²) in [6, 6.07) is -0.472. The minimum absolute atomic E-state index is 0.131. The summed E-state index contributed by atoms with van der Waals surface area (Å²) >= 11 is 5.15. The number of rotatable bonds is 7. The number of hydrogen-bond acceptors (Lipinski definition) is 4. The second kappa shape index (κ2) is 9.20. The van der Waals surface area contributed by atoms with Crippen molar-refractivity contribution in [3.05, 3.63) is 24.0 Å².